The molecule has 6 nitrogen and oxygen atoms in total. The largest absolute Gasteiger partial charge is 0.379 e. The van der Waals surface area contributed by atoms with Crippen molar-refractivity contribution in [1.29, 1.82) is 0 Å². The van der Waals surface area contributed by atoms with Crippen molar-refractivity contribution in [2.45, 2.75) is 13.5 Å². The molecule has 1 fully saturated rings. The summed E-state index contributed by atoms with van der Waals surface area (Å²) in [5, 5.41) is 5.94. The van der Waals surface area contributed by atoms with Crippen LogP contribution in [-0.4, -0.2) is 47.0 Å². The van der Waals surface area contributed by atoms with Crippen molar-refractivity contribution in [3.63, 3.8) is 0 Å². The number of nitrogens with zero attached hydrogens (tertiary/aromatic N) is 3. The summed E-state index contributed by atoms with van der Waals surface area (Å²) in [4.78, 5) is 11.9. The summed E-state index contributed by atoms with van der Waals surface area (Å²) in [6.07, 6.45) is 1.64. The summed E-state index contributed by atoms with van der Waals surface area (Å²) in [5.41, 5.74) is 3.44. The fraction of sp³-hybridized carbons (Fsp3) is 0.600. The zero-order valence-electron chi connectivity index (χ0n) is 9.35. The Hall–Kier alpha value is -1.40. The fourth-order valence-electron chi connectivity index (χ4n) is 1.65. The first-order valence-electron chi connectivity index (χ1n) is 5.46. The van der Waals surface area contributed by atoms with Crippen molar-refractivity contribution >= 4 is 5.91 Å². The van der Waals surface area contributed by atoms with Crippen LogP contribution >= 0.6 is 0 Å². The first-order valence-corrected chi connectivity index (χ1v) is 5.46. The topological polar surface area (TPSA) is 59.4 Å². The summed E-state index contributed by atoms with van der Waals surface area (Å²) in [6, 6.07) is 1.72. The van der Waals surface area contributed by atoms with Gasteiger partial charge in [0.15, 0.2) is 0 Å². The van der Waals surface area contributed by atoms with Gasteiger partial charge in [-0.3, -0.25) is 14.9 Å². The number of amides is 1. The number of carbonyl (C=O) groups is 1. The second-order valence-corrected chi connectivity index (χ2v) is 3.57. The van der Waals surface area contributed by atoms with Gasteiger partial charge in [0.1, 0.15) is 5.69 Å². The van der Waals surface area contributed by atoms with E-state index in [0.717, 1.165) is 13.1 Å². The number of nitrogens with one attached hydrogen (secondary N) is 1. The molecule has 0 unspecified atom stereocenters. The molecule has 6 heteroatoms. The summed E-state index contributed by atoms with van der Waals surface area (Å²) in [5.74, 6) is -0.110. The first-order chi connectivity index (χ1) is 7.81. The maximum absolute atomic E-state index is 11.9. The fourth-order valence-corrected chi connectivity index (χ4v) is 1.65. The van der Waals surface area contributed by atoms with E-state index in [1.165, 1.54) is 0 Å². The van der Waals surface area contributed by atoms with Crippen LogP contribution in [0.2, 0.25) is 0 Å². The molecule has 0 radical (unpaired) electrons. The number of ether oxygens (including phenoxy) is 1. The van der Waals surface area contributed by atoms with Crippen molar-refractivity contribution in [3.8, 4) is 0 Å². The van der Waals surface area contributed by atoms with E-state index >= 15 is 0 Å². The number of hydrazine groups is 1. The minimum Gasteiger partial charge on any atom is -0.379 e. The van der Waals surface area contributed by atoms with E-state index in [0.29, 0.717) is 25.5 Å². The van der Waals surface area contributed by atoms with Crippen LogP contribution in [0.25, 0.3) is 0 Å². The molecule has 0 atom stereocenters. The summed E-state index contributed by atoms with van der Waals surface area (Å²) >= 11 is 0. The van der Waals surface area contributed by atoms with Gasteiger partial charge in [-0.25, -0.2) is 5.01 Å². The molecule has 1 saturated heterocycles. The predicted molar refractivity (Wildman–Crippen MR) is 57.8 cm³/mol. The number of aromatic nitrogens is 2. The summed E-state index contributed by atoms with van der Waals surface area (Å²) in [6.45, 7) is 5.43. The van der Waals surface area contributed by atoms with Crippen LogP contribution in [0.3, 0.4) is 0 Å². The molecule has 2 rings (SSSR count). The molecular formula is C10H16N4O2. The maximum Gasteiger partial charge on any atom is 0.283 e. The zero-order chi connectivity index (χ0) is 11.4. The van der Waals surface area contributed by atoms with Gasteiger partial charge in [-0.2, -0.15) is 5.10 Å². The Kier molecular flexibility index (Phi) is 3.53. The van der Waals surface area contributed by atoms with Crippen LogP contribution in [0.1, 0.15) is 17.4 Å². The van der Waals surface area contributed by atoms with E-state index in [1.807, 2.05) is 11.9 Å². The van der Waals surface area contributed by atoms with Crippen LogP contribution in [-0.2, 0) is 11.3 Å². The zero-order valence-corrected chi connectivity index (χ0v) is 9.35. The van der Waals surface area contributed by atoms with Gasteiger partial charge in [0, 0.05) is 25.8 Å². The average molecular weight is 224 g/mol. The van der Waals surface area contributed by atoms with Crippen molar-refractivity contribution in [3.05, 3.63) is 18.0 Å². The van der Waals surface area contributed by atoms with E-state index < -0.39 is 0 Å². The van der Waals surface area contributed by atoms with Crippen LogP contribution in [0.15, 0.2) is 12.3 Å². The minimum atomic E-state index is -0.110. The lowest BCUT2D eigenvalue weighted by Gasteiger charge is -2.26. The molecule has 0 aromatic carbocycles. The number of carbonyl (C=O) groups excluding carboxylic acids is 1. The summed E-state index contributed by atoms with van der Waals surface area (Å²) in [7, 11) is 0. The maximum atomic E-state index is 11.9. The quantitative estimate of drug-likeness (QED) is 0.777. The molecule has 1 amide bonds. The van der Waals surface area contributed by atoms with Gasteiger partial charge in [0.05, 0.1) is 13.2 Å². The number of hydrogen-bond donors (Lipinski definition) is 1. The van der Waals surface area contributed by atoms with Crippen LogP contribution < -0.4 is 5.43 Å². The van der Waals surface area contributed by atoms with E-state index in [-0.39, 0.29) is 5.91 Å². The lowest BCUT2D eigenvalue weighted by atomic mass is 10.4. The molecule has 88 valence electrons. The molecule has 1 aliphatic rings. The molecular weight excluding hydrogens is 208 g/mol. The highest BCUT2D eigenvalue weighted by Crippen LogP contribution is 2.00. The Bertz CT molecular complexity index is 357. The molecule has 1 aromatic rings. The first kappa shape index (κ1) is 11.1. The van der Waals surface area contributed by atoms with Gasteiger partial charge >= 0.3 is 0 Å². The standard InChI is InChI=1S/C10H16N4O2/c1-2-14-9(3-4-11-14)10(15)12-13-5-7-16-8-6-13/h3-4H,2,5-8H2,1H3,(H,12,15). The van der Waals surface area contributed by atoms with Crippen LogP contribution in [0, 0.1) is 0 Å². The minimum absolute atomic E-state index is 0.110. The molecule has 16 heavy (non-hydrogen) atoms. The van der Waals surface area contributed by atoms with Crippen molar-refractivity contribution in [1.82, 2.24) is 20.2 Å². The lowest BCUT2D eigenvalue weighted by molar-refractivity contribution is 0.0123. The summed E-state index contributed by atoms with van der Waals surface area (Å²) < 4.78 is 6.88. The third-order valence-corrected chi connectivity index (χ3v) is 2.52. The van der Waals surface area contributed by atoms with Gasteiger partial charge < -0.3 is 4.74 Å². The Balaban J connectivity index is 1.96. The number of hydrogen-bond acceptors (Lipinski definition) is 4. The molecule has 1 aromatic heterocycles. The van der Waals surface area contributed by atoms with E-state index in [9.17, 15) is 4.79 Å². The lowest BCUT2D eigenvalue weighted by Crippen LogP contribution is -2.48. The highest BCUT2D eigenvalue weighted by Gasteiger charge is 2.16. The van der Waals surface area contributed by atoms with E-state index in [4.69, 9.17) is 4.74 Å². The average Bonchev–Trinajstić information content (AvgIpc) is 2.78. The molecule has 0 spiro atoms. The van der Waals surface area contributed by atoms with Crippen LogP contribution in [0.5, 0.6) is 0 Å². The van der Waals surface area contributed by atoms with Crippen molar-refractivity contribution in [2.24, 2.45) is 0 Å². The monoisotopic (exact) mass is 224 g/mol. The number of rotatable bonds is 3. The highest BCUT2D eigenvalue weighted by atomic mass is 16.5. The molecule has 1 aliphatic heterocycles. The third-order valence-electron chi connectivity index (χ3n) is 2.52. The molecule has 0 aliphatic carbocycles. The molecule has 1 N–H and O–H groups in total. The molecule has 0 saturated carbocycles. The second-order valence-electron chi connectivity index (χ2n) is 3.57. The Labute approximate surface area is 94.1 Å². The SMILES string of the molecule is CCn1nccc1C(=O)NN1CCOCC1. The highest BCUT2D eigenvalue weighted by molar-refractivity contribution is 5.92. The Morgan fingerprint density at radius 1 is 1.56 bits per heavy atom. The molecule has 0 bridgehead atoms. The van der Waals surface area contributed by atoms with Gasteiger partial charge in [-0.05, 0) is 13.0 Å². The predicted octanol–water partition coefficient (Wildman–Crippen LogP) is -0.120. The van der Waals surface area contributed by atoms with Gasteiger partial charge in [0.2, 0.25) is 0 Å². The van der Waals surface area contributed by atoms with Crippen LogP contribution in [0.4, 0.5) is 0 Å². The van der Waals surface area contributed by atoms with Gasteiger partial charge in [-0.15, -0.1) is 0 Å². The van der Waals surface area contributed by atoms with E-state index in [2.05, 4.69) is 10.5 Å². The number of morpholine rings is 1. The molecule has 2 heterocycles. The van der Waals surface area contributed by atoms with Crippen molar-refractivity contribution < 1.29 is 9.53 Å². The smallest absolute Gasteiger partial charge is 0.283 e. The second kappa shape index (κ2) is 5.09. The third kappa shape index (κ3) is 2.40. The normalized spacial score (nSPS) is 17.3. The number of aryl methyl sites for hydroxylation is 1. The Morgan fingerprint density at radius 3 is 3.00 bits per heavy atom. The van der Waals surface area contributed by atoms with Crippen molar-refractivity contribution in [2.75, 3.05) is 26.3 Å². The Morgan fingerprint density at radius 2 is 2.31 bits per heavy atom. The van der Waals surface area contributed by atoms with E-state index in [1.54, 1.807) is 16.9 Å². The van der Waals surface area contributed by atoms with Gasteiger partial charge in [-0.1, -0.05) is 0 Å². The van der Waals surface area contributed by atoms with Gasteiger partial charge in [0.25, 0.3) is 5.91 Å².